The maximum Gasteiger partial charge on any atom is 0.254 e. The molecule has 2 aromatic rings. The highest BCUT2D eigenvalue weighted by Gasteiger charge is 2.17. The summed E-state index contributed by atoms with van der Waals surface area (Å²) in [5, 5.41) is 3.48. The topological polar surface area (TPSA) is 29.1 Å². The predicted octanol–water partition coefficient (Wildman–Crippen LogP) is 5.12. The normalized spacial score (nSPS) is 12.0. The van der Waals surface area contributed by atoms with Gasteiger partial charge in [-0.2, -0.15) is 0 Å². The average molecular weight is 371 g/mol. The summed E-state index contributed by atoms with van der Waals surface area (Å²) in [4.78, 5) is 12.2. The van der Waals surface area contributed by atoms with Gasteiger partial charge in [0, 0.05) is 9.50 Å². The summed E-state index contributed by atoms with van der Waals surface area (Å²) in [7, 11) is 0. The fraction of sp³-hybridized carbons (Fsp3) is 0.188. The molecule has 0 saturated heterocycles. The minimum Gasteiger partial charge on any atom is -0.345 e. The monoisotopic (exact) mass is 369 g/mol. The molecular formula is C16H14BrClFNO. The van der Waals surface area contributed by atoms with Gasteiger partial charge >= 0.3 is 0 Å². The lowest BCUT2D eigenvalue weighted by molar-refractivity contribution is 0.0931. The highest BCUT2D eigenvalue weighted by atomic mass is 79.9. The summed E-state index contributed by atoms with van der Waals surface area (Å²) in [6.07, 6.45) is 0.700. The van der Waals surface area contributed by atoms with Gasteiger partial charge in [0.1, 0.15) is 5.82 Å². The van der Waals surface area contributed by atoms with E-state index < -0.39 is 11.7 Å². The second kappa shape index (κ2) is 7.05. The van der Waals surface area contributed by atoms with Crippen LogP contribution in [0.4, 0.5) is 4.39 Å². The van der Waals surface area contributed by atoms with E-state index in [0.717, 1.165) is 5.56 Å². The number of nitrogens with one attached hydrogen (secondary N) is 1. The Bertz CT molecular complexity index is 645. The number of benzene rings is 2. The van der Waals surface area contributed by atoms with E-state index in [2.05, 4.69) is 21.2 Å². The Hall–Kier alpha value is -1.39. The van der Waals surface area contributed by atoms with Crippen molar-refractivity contribution in [2.45, 2.75) is 19.4 Å². The lowest BCUT2D eigenvalue weighted by Crippen LogP contribution is -2.28. The second-order valence-corrected chi connectivity index (χ2v) is 5.96. The van der Waals surface area contributed by atoms with Gasteiger partial charge < -0.3 is 5.32 Å². The zero-order valence-electron chi connectivity index (χ0n) is 11.4. The fourth-order valence-corrected chi connectivity index (χ4v) is 2.48. The number of hydrogen-bond acceptors (Lipinski definition) is 1. The second-order valence-electron chi connectivity index (χ2n) is 4.61. The van der Waals surface area contributed by atoms with Gasteiger partial charge in [0.15, 0.2) is 0 Å². The summed E-state index contributed by atoms with van der Waals surface area (Å²) in [6, 6.07) is 11.4. The van der Waals surface area contributed by atoms with Crippen molar-refractivity contribution in [3.05, 3.63) is 68.9 Å². The van der Waals surface area contributed by atoms with E-state index in [1.54, 1.807) is 18.2 Å². The van der Waals surface area contributed by atoms with Crippen molar-refractivity contribution in [1.82, 2.24) is 5.32 Å². The van der Waals surface area contributed by atoms with Crippen molar-refractivity contribution in [3.63, 3.8) is 0 Å². The van der Waals surface area contributed by atoms with Crippen LogP contribution in [0.3, 0.4) is 0 Å². The van der Waals surface area contributed by atoms with Crippen LogP contribution in [-0.2, 0) is 0 Å². The van der Waals surface area contributed by atoms with E-state index in [1.807, 2.05) is 19.1 Å². The summed E-state index contributed by atoms with van der Waals surface area (Å²) >= 11 is 9.02. The van der Waals surface area contributed by atoms with E-state index in [9.17, 15) is 9.18 Å². The highest BCUT2D eigenvalue weighted by molar-refractivity contribution is 9.10. The Morgan fingerprint density at radius 2 is 1.95 bits per heavy atom. The zero-order chi connectivity index (χ0) is 15.4. The van der Waals surface area contributed by atoms with Gasteiger partial charge in [-0.3, -0.25) is 4.79 Å². The fourth-order valence-electron chi connectivity index (χ4n) is 2.03. The lowest BCUT2D eigenvalue weighted by atomic mass is 10.0. The number of halogens is 3. The Balaban J connectivity index is 2.18. The number of carbonyl (C=O) groups excluding carboxylic acids is 1. The molecule has 0 radical (unpaired) electrons. The third-order valence-corrected chi connectivity index (χ3v) is 3.91. The SMILES string of the molecule is CCC(NC(=O)c1ccc(Br)cc1F)c1ccc(Cl)cc1. The first-order valence-corrected chi connectivity index (χ1v) is 7.69. The smallest absolute Gasteiger partial charge is 0.254 e. The molecule has 1 amide bonds. The van der Waals surface area contributed by atoms with Crippen molar-refractivity contribution in [3.8, 4) is 0 Å². The molecule has 2 nitrogen and oxygen atoms in total. The van der Waals surface area contributed by atoms with E-state index in [1.165, 1.54) is 12.1 Å². The van der Waals surface area contributed by atoms with Crippen LogP contribution < -0.4 is 5.32 Å². The summed E-state index contributed by atoms with van der Waals surface area (Å²) in [6.45, 7) is 1.96. The van der Waals surface area contributed by atoms with Gasteiger partial charge in [-0.25, -0.2) is 4.39 Å². The maximum atomic E-state index is 13.8. The number of rotatable bonds is 4. The number of carbonyl (C=O) groups is 1. The molecule has 21 heavy (non-hydrogen) atoms. The standard InChI is InChI=1S/C16H14BrClFNO/c1-2-15(10-3-6-12(18)7-4-10)20-16(21)13-8-5-11(17)9-14(13)19/h3-9,15H,2H2,1H3,(H,20,21). The van der Waals surface area contributed by atoms with Gasteiger partial charge in [0.25, 0.3) is 5.91 Å². The minimum absolute atomic E-state index is 0.0330. The van der Waals surface area contributed by atoms with Crippen LogP contribution in [0, 0.1) is 5.82 Å². The molecule has 1 atom stereocenters. The maximum absolute atomic E-state index is 13.8. The molecule has 0 bridgehead atoms. The molecule has 1 unspecified atom stereocenters. The summed E-state index contributed by atoms with van der Waals surface area (Å²) in [5.41, 5.74) is 0.971. The van der Waals surface area contributed by atoms with Crippen molar-refractivity contribution >= 4 is 33.4 Å². The molecule has 110 valence electrons. The Morgan fingerprint density at radius 3 is 2.52 bits per heavy atom. The van der Waals surface area contributed by atoms with Gasteiger partial charge in [0.05, 0.1) is 11.6 Å². The molecule has 2 aromatic carbocycles. The Labute approximate surface area is 136 Å². The van der Waals surface area contributed by atoms with Gasteiger partial charge in [0.2, 0.25) is 0 Å². The Morgan fingerprint density at radius 1 is 1.29 bits per heavy atom. The van der Waals surface area contributed by atoms with Crippen LogP contribution in [-0.4, -0.2) is 5.91 Å². The number of hydrogen-bond donors (Lipinski definition) is 1. The molecule has 0 fully saturated rings. The summed E-state index contributed by atoms with van der Waals surface area (Å²) < 4.78 is 14.4. The molecule has 1 N–H and O–H groups in total. The average Bonchev–Trinajstić information content (AvgIpc) is 2.45. The Kier molecular flexibility index (Phi) is 5.37. The molecule has 0 aliphatic rings. The molecule has 0 saturated carbocycles. The predicted molar refractivity (Wildman–Crippen MR) is 86.1 cm³/mol. The molecule has 5 heteroatoms. The van der Waals surface area contributed by atoms with Crippen molar-refractivity contribution in [2.75, 3.05) is 0 Å². The molecule has 0 heterocycles. The minimum atomic E-state index is -0.548. The molecule has 0 aliphatic heterocycles. The van der Waals surface area contributed by atoms with Crippen LogP contribution >= 0.6 is 27.5 Å². The van der Waals surface area contributed by atoms with Crippen molar-refractivity contribution < 1.29 is 9.18 Å². The molecule has 0 aliphatic carbocycles. The van der Waals surface area contributed by atoms with Gasteiger partial charge in [-0.15, -0.1) is 0 Å². The van der Waals surface area contributed by atoms with Crippen molar-refractivity contribution in [2.24, 2.45) is 0 Å². The lowest BCUT2D eigenvalue weighted by Gasteiger charge is -2.18. The van der Waals surface area contributed by atoms with E-state index in [0.29, 0.717) is 15.9 Å². The molecule has 0 spiro atoms. The van der Waals surface area contributed by atoms with E-state index >= 15 is 0 Å². The number of amides is 1. The third kappa shape index (κ3) is 4.05. The first kappa shape index (κ1) is 16.0. The zero-order valence-corrected chi connectivity index (χ0v) is 13.7. The van der Waals surface area contributed by atoms with Gasteiger partial charge in [-0.1, -0.05) is 46.6 Å². The van der Waals surface area contributed by atoms with Crippen molar-refractivity contribution in [1.29, 1.82) is 0 Å². The van der Waals surface area contributed by atoms with Gasteiger partial charge in [-0.05, 0) is 42.3 Å². The largest absolute Gasteiger partial charge is 0.345 e. The molecule has 0 aromatic heterocycles. The molecule has 2 rings (SSSR count). The van der Waals surface area contributed by atoms with Crippen LogP contribution in [0.1, 0.15) is 35.3 Å². The first-order valence-electron chi connectivity index (χ1n) is 6.52. The summed E-state index contributed by atoms with van der Waals surface area (Å²) in [5.74, 6) is -0.977. The third-order valence-electron chi connectivity index (χ3n) is 3.16. The molecular weight excluding hydrogens is 357 g/mol. The van der Waals surface area contributed by atoms with Crippen LogP contribution in [0.25, 0.3) is 0 Å². The first-order chi connectivity index (χ1) is 10.0. The van der Waals surface area contributed by atoms with Crippen LogP contribution in [0.2, 0.25) is 5.02 Å². The van der Waals surface area contributed by atoms with Crippen LogP contribution in [0.5, 0.6) is 0 Å². The van der Waals surface area contributed by atoms with E-state index in [4.69, 9.17) is 11.6 Å². The highest BCUT2D eigenvalue weighted by Crippen LogP contribution is 2.21. The van der Waals surface area contributed by atoms with Crippen LogP contribution in [0.15, 0.2) is 46.9 Å². The quantitative estimate of drug-likeness (QED) is 0.795. The van der Waals surface area contributed by atoms with E-state index in [-0.39, 0.29) is 11.6 Å².